The number of carbonyl (C=O) groups excluding carboxylic acids is 1. The maximum Gasteiger partial charge on any atom is 0.220 e. The number of hydrogen-bond donors (Lipinski definition) is 2. The van der Waals surface area contributed by atoms with Gasteiger partial charge in [0.25, 0.3) is 0 Å². The minimum Gasteiger partial charge on any atom is -0.396 e. The van der Waals surface area contributed by atoms with Crippen LogP contribution in [0.2, 0.25) is 0 Å². The van der Waals surface area contributed by atoms with E-state index in [4.69, 9.17) is 5.11 Å². The Morgan fingerprint density at radius 1 is 1.41 bits per heavy atom. The molecule has 3 nitrogen and oxygen atoms in total. The second kappa shape index (κ2) is 7.63. The lowest BCUT2D eigenvalue weighted by atomic mass is 10.0. The van der Waals surface area contributed by atoms with Crippen LogP contribution in [-0.2, 0) is 4.79 Å². The highest BCUT2D eigenvalue weighted by Crippen LogP contribution is 2.16. The molecule has 1 rings (SSSR count). The first kappa shape index (κ1) is 13.5. The second-order valence-electron chi connectivity index (χ2n) is 3.87. The van der Waals surface area contributed by atoms with Crippen LogP contribution in [0.25, 0.3) is 0 Å². The molecule has 3 heteroatoms. The van der Waals surface area contributed by atoms with Crippen LogP contribution in [0.3, 0.4) is 0 Å². The Bertz CT molecular complexity index is 348. The lowest BCUT2D eigenvalue weighted by Crippen LogP contribution is -2.28. The molecular weight excluding hydrogens is 214 g/mol. The molecule has 1 aromatic rings. The fraction of sp³-hybridized carbons (Fsp3) is 0.357. The van der Waals surface area contributed by atoms with Crippen molar-refractivity contribution in [2.45, 2.75) is 25.3 Å². The van der Waals surface area contributed by atoms with Gasteiger partial charge in [0.15, 0.2) is 0 Å². The zero-order valence-corrected chi connectivity index (χ0v) is 9.93. The van der Waals surface area contributed by atoms with Gasteiger partial charge in [-0.3, -0.25) is 4.79 Å². The molecule has 1 amide bonds. The SMILES string of the molecule is C=CCCC(=O)NC(CCO)c1ccccc1. The summed E-state index contributed by atoms with van der Waals surface area (Å²) in [6.07, 6.45) is 3.37. The van der Waals surface area contributed by atoms with Gasteiger partial charge in [0.2, 0.25) is 5.91 Å². The highest BCUT2D eigenvalue weighted by atomic mass is 16.3. The molecule has 0 aliphatic heterocycles. The Labute approximate surface area is 102 Å². The predicted octanol–water partition coefficient (Wildman–Crippen LogP) is 2.19. The summed E-state index contributed by atoms with van der Waals surface area (Å²) in [5.41, 5.74) is 1.02. The highest BCUT2D eigenvalue weighted by Gasteiger charge is 2.12. The van der Waals surface area contributed by atoms with Crippen molar-refractivity contribution in [2.24, 2.45) is 0 Å². The number of amides is 1. The first-order valence-electron chi connectivity index (χ1n) is 5.84. The van der Waals surface area contributed by atoms with Gasteiger partial charge in [-0.1, -0.05) is 36.4 Å². The monoisotopic (exact) mass is 233 g/mol. The summed E-state index contributed by atoms with van der Waals surface area (Å²) in [7, 11) is 0. The van der Waals surface area contributed by atoms with Crippen LogP contribution >= 0.6 is 0 Å². The minimum atomic E-state index is -0.112. The molecule has 0 spiro atoms. The largest absolute Gasteiger partial charge is 0.396 e. The summed E-state index contributed by atoms with van der Waals surface area (Å²) in [5, 5.41) is 11.9. The lowest BCUT2D eigenvalue weighted by molar-refractivity contribution is -0.121. The van der Waals surface area contributed by atoms with E-state index in [9.17, 15) is 4.79 Å². The van der Waals surface area contributed by atoms with Gasteiger partial charge in [0.1, 0.15) is 0 Å². The maximum absolute atomic E-state index is 11.6. The van der Waals surface area contributed by atoms with Crippen LogP contribution < -0.4 is 5.32 Å². The summed E-state index contributed by atoms with van der Waals surface area (Å²) < 4.78 is 0. The van der Waals surface area contributed by atoms with Gasteiger partial charge in [0, 0.05) is 13.0 Å². The third-order valence-electron chi connectivity index (χ3n) is 2.53. The number of aliphatic hydroxyl groups is 1. The van der Waals surface area contributed by atoms with Gasteiger partial charge in [-0.15, -0.1) is 6.58 Å². The Kier molecular flexibility index (Phi) is 6.04. The molecule has 92 valence electrons. The van der Waals surface area contributed by atoms with Crippen molar-refractivity contribution in [3.63, 3.8) is 0 Å². The molecule has 1 unspecified atom stereocenters. The van der Waals surface area contributed by atoms with Gasteiger partial charge in [-0.25, -0.2) is 0 Å². The van der Waals surface area contributed by atoms with Crippen molar-refractivity contribution in [3.8, 4) is 0 Å². The van der Waals surface area contributed by atoms with Crippen molar-refractivity contribution in [1.29, 1.82) is 0 Å². The molecule has 1 atom stereocenters. The Morgan fingerprint density at radius 2 is 2.12 bits per heavy atom. The molecule has 0 saturated carbocycles. The number of benzene rings is 1. The number of nitrogens with one attached hydrogen (secondary N) is 1. The van der Waals surface area contributed by atoms with Gasteiger partial charge in [0.05, 0.1) is 6.04 Å². The molecule has 1 aromatic carbocycles. The first-order valence-corrected chi connectivity index (χ1v) is 5.84. The summed E-state index contributed by atoms with van der Waals surface area (Å²) in [5.74, 6) is -0.00722. The van der Waals surface area contributed by atoms with Crippen LogP contribution in [0.1, 0.15) is 30.9 Å². The molecule has 0 aromatic heterocycles. The molecular formula is C14H19NO2. The highest BCUT2D eigenvalue weighted by molar-refractivity contribution is 5.76. The number of allylic oxidation sites excluding steroid dienone is 1. The zero-order valence-electron chi connectivity index (χ0n) is 9.93. The number of carbonyl (C=O) groups is 1. The second-order valence-corrected chi connectivity index (χ2v) is 3.87. The molecule has 2 N–H and O–H groups in total. The van der Waals surface area contributed by atoms with E-state index in [1.807, 2.05) is 30.3 Å². The third-order valence-corrected chi connectivity index (χ3v) is 2.53. The Morgan fingerprint density at radius 3 is 2.71 bits per heavy atom. The summed E-state index contributed by atoms with van der Waals surface area (Å²) >= 11 is 0. The molecule has 0 aliphatic rings. The van der Waals surface area contributed by atoms with E-state index in [-0.39, 0.29) is 18.6 Å². The van der Waals surface area contributed by atoms with Gasteiger partial charge in [-0.2, -0.15) is 0 Å². The smallest absolute Gasteiger partial charge is 0.220 e. The van der Waals surface area contributed by atoms with Crippen molar-refractivity contribution >= 4 is 5.91 Å². The van der Waals surface area contributed by atoms with Crippen LogP contribution in [0.5, 0.6) is 0 Å². The normalized spacial score (nSPS) is 11.8. The Balaban J connectivity index is 2.60. The molecule has 0 radical (unpaired) electrons. The molecule has 0 saturated heterocycles. The quantitative estimate of drug-likeness (QED) is 0.709. The van der Waals surface area contributed by atoms with Crippen LogP contribution in [0.4, 0.5) is 0 Å². The van der Waals surface area contributed by atoms with Crippen molar-refractivity contribution in [1.82, 2.24) is 5.32 Å². The van der Waals surface area contributed by atoms with Crippen LogP contribution in [0, 0.1) is 0 Å². The van der Waals surface area contributed by atoms with Gasteiger partial charge >= 0.3 is 0 Å². The van der Waals surface area contributed by atoms with Crippen molar-refractivity contribution < 1.29 is 9.90 Å². The lowest BCUT2D eigenvalue weighted by Gasteiger charge is -2.18. The van der Waals surface area contributed by atoms with E-state index in [2.05, 4.69) is 11.9 Å². The van der Waals surface area contributed by atoms with E-state index in [0.717, 1.165) is 5.56 Å². The van der Waals surface area contributed by atoms with Gasteiger partial charge < -0.3 is 10.4 Å². The van der Waals surface area contributed by atoms with E-state index in [1.54, 1.807) is 6.08 Å². The first-order chi connectivity index (χ1) is 8.27. The number of hydrogen-bond acceptors (Lipinski definition) is 2. The van der Waals surface area contributed by atoms with E-state index >= 15 is 0 Å². The van der Waals surface area contributed by atoms with E-state index in [0.29, 0.717) is 19.3 Å². The van der Waals surface area contributed by atoms with Crippen LogP contribution in [0.15, 0.2) is 43.0 Å². The summed E-state index contributed by atoms with van der Waals surface area (Å²) in [6, 6.07) is 9.57. The average molecular weight is 233 g/mol. The fourth-order valence-electron chi connectivity index (χ4n) is 1.64. The third kappa shape index (κ3) is 4.83. The Hall–Kier alpha value is -1.61. The van der Waals surface area contributed by atoms with E-state index < -0.39 is 0 Å². The molecule has 17 heavy (non-hydrogen) atoms. The average Bonchev–Trinajstić information content (AvgIpc) is 2.37. The van der Waals surface area contributed by atoms with Crippen molar-refractivity contribution in [3.05, 3.63) is 48.6 Å². The molecule has 0 heterocycles. The molecule has 0 aliphatic carbocycles. The maximum atomic E-state index is 11.6. The summed E-state index contributed by atoms with van der Waals surface area (Å²) in [6.45, 7) is 3.64. The molecule has 0 fully saturated rings. The predicted molar refractivity (Wildman–Crippen MR) is 68.5 cm³/mol. The number of rotatable bonds is 7. The van der Waals surface area contributed by atoms with E-state index in [1.165, 1.54) is 0 Å². The molecule has 0 bridgehead atoms. The van der Waals surface area contributed by atoms with Crippen LogP contribution in [-0.4, -0.2) is 17.6 Å². The standard InChI is InChI=1S/C14H19NO2/c1-2-3-9-14(17)15-13(10-11-16)12-7-5-4-6-8-12/h2,4-8,13,16H,1,3,9-11H2,(H,15,17). The summed E-state index contributed by atoms with van der Waals surface area (Å²) in [4.78, 5) is 11.6. The van der Waals surface area contributed by atoms with Gasteiger partial charge in [-0.05, 0) is 18.4 Å². The number of aliphatic hydroxyl groups excluding tert-OH is 1. The zero-order chi connectivity index (χ0) is 12.5. The van der Waals surface area contributed by atoms with Crippen molar-refractivity contribution in [2.75, 3.05) is 6.61 Å². The fourth-order valence-corrected chi connectivity index (χ4v) is 1.64. The topological polar surface area (TPSA) is 49.3 Å². The minimum absolute atomic E-state index is 0.00722.